The van der Waals surface area contributed by atoms with Gasteiger partial charge in [0.15, 0.2) is 0 Å². The van der Waals surface area contributed by atoms with Gasteiger partial charge in [-0.3, -0.25) is 0 Å². The van der Waals surface area contributed by atoms with Gasteiger partial charge in [-0.05, 0) is 26.0 Å². The largest absolute Gasteiger partial charge is 0.342 e. The Morgan fingerprint density at radius 1 is 1.24 bits per heavy atom. The van der Waals surface area contributed by atoms with Crippen LogP contribution >= 0.6 is 15.9 Å². The monoisotopic (exact) mass is 300 g/mol. The summed E-state index contributed by atoms with van der Waals surface area (Å²) in [6, 6.07) is 8.57. The van der Waals surface area contributed by atoms with Crippen molar-refractivity contribution in [1.29, 1.82) is 0 Å². The van der Waals surface area contributed by atoms with Crippen molar-refractivity contribution >= 4 is 15.9 Å². The van der Waals surface area contributed by atoms with Crippen LogP contribution in [0.2, 0.25) is 0 Å². The molecule has 0 amide bonds. The van der Waals surface area contributed by atoms with Crippen molar-refractivity contribution in [2.45, 2.75) is 26.8 Å². The predicted octanol–water partition coefficient (Wildman–Crippen LogP) is 0.827. The summed E-state index contributed by atoms with van der Waals surface area (Å²) in [5, 5.41) is 2.41. The fraction of sp³-hybridized carbons (Fsp3) is 0.571. The first-order chi connectivity index (χ1) is 8.26. The van der Waals surface area contributed by atoms with Crippen molar-refractivity contribution in [1.82, 2.24) is 0 Å². The fourth-order valence-electron chi connectivity index (χ4n) is 2.03. The third kappa shape index (κ3) is 6.20. The minimum absolute atomic E-state index is 1.09. The second kappa shape index (κ2) is 8.67. The Balaban J connectivity index is 2.12. The molecule has 1 aromatic rings. The van der Waals surface area contributed by atoms with Crippen LogP contribution in [0.25, 0.3) is 0 Å². The minimum atomic E-state index is 1.09. The molecular weight excluding hydrogens is 276 g/mol. The molecular formula is C14H25BrN2+2. The normalized spacial score (nSPS) is 11.1. The quantitative estimate of drug-likeness (QED) is 0.664. The summed E-state index contributed by atoms with van der Waals surface area (Å²) in [6.45, 7) is 10.7. The lowest BCUT2D eigenvalue weighted by atomic mass is 10.2. The van der Waals surface area contributed by atoms with Crippen LogP contribution in [0, 0.1) is 0 Å². The van der Waals surface area contributed by atoms with E-state index in [1.54, 1.807) is 4.90 Å². The average Bonchev–Trinajstić information content (AvgIpc) is 2.34. The molecule has 0 aliphatic heterocycles. The summed E-state index contributed by atoms with van der Waals surface area (Å²) in [7, 11) is 0. The maximum absolute atomic E-state index is 3.51. The number of hydrogen-bond acceptors (Lipinski definition) is 0. The van der Waals surface area contributed by atoms with E-state index in [0.717, 1.165) is 6.54 Å². The van der Waals surface area contributed by atoms with Crippen LogP contribution in [0.1, 0.15) is 25.8 Å². The van der Waals surface area contributed by atoms with E-state index in [-0.39, 0.29) is 0 Å². The molecule has 0 saturated heterocycles. The summed E-state index contributed by atoms with van der Waals surface area (Å²) in [4.78, 5) is 1.71. The van der Waals surface area contributed by atoms with Crippen molar-refractivity contribution in [3.63, 3.8) is 0 Å². The van der Waals surface area contributed by atoms with Crippen molar-refractivity contribution in [2.75, 3.05) is 26.2 Å². The molecule has 1 aromatic carbocycles. The molecule has 17 heavy (non-hydrogen) atoms. The van der Waals surface area contributed by atoms with Gasteiger partial charge in [0, 0.05) is 16.5 Å². The standard InChI is InChI=1S/C14H23BrN2/c1-3-17(4-2)10-6-9-16-12-13-7-5-8-14(15)11-13/h5,7-8,11,16H,3-4,6,9-10,12H2,1-2H3/p+2. The van der Waals surface area contributed by atoms with Crippen LogP contribution < -0.4 is 10.2 Å². The molecule has 0 aromatic heterocycles. The third-order valence-electron chi connectivity index (χ3n) is 3.21. The van der Waals surface area contributed by atoms with Gasteiger partial charge in [-0.1, -0.05) is 28.1 Å². The zero-order valence-corrected chi connectivity index (χ0v) is 12.6. The fourth-order valence-corrected chi connectivity index (χ4v) is 2.48. The van der Waals surface area contributed by atoms with Crippen LogP contribution in [-0.4, -0.2) is 26.2 Å². The second-order valence-corrected chi connectivity index (χ2v) is 5.39. The highest BCUT2D eigenvalue weighted by molar-refractivity contribution is 9.10. The van der Waals surface area contributed by atoms with Gasteiger partial charge in [0.25, 0.3) is 0 Å². The lowest BCUT2D eigenvalue weighted by molar-refractivity contribution is -0.898. The molecule has 3 heteroatoms. The van der Waals surface area contributed by atoms with Gasteiger partial charge in [0.1, 0.15) is 6.54 Å². The van der Waals surface area contributed by atoms with Gasteiger partial charge in [0.05, 0.1) is 26.2 Å². The van der Waals surface area contributed by atoms with Crippen LogP contribution in [0.3, 0.4) is 0 Å². The summed E-state index contributed by atoms with van der Waals surface area (Å²) in [6.07, 6.45) is 1.31. The number of rotatable bonds is 8. The predicted molar refractivity (Wildman–Crippen MR) is 76.2 cm³/mol. The highest BCUT2D eigenvalue weighted by atomic mass is 79.9. The molecule has 0 spiro atoms. The topological polar surface area (TPSA) is 21.1 Å². The first kappa shape index (κ1) is 14.7. The Hall–Kier alpha value is -0.380. The highest BCUT2D eigenvalue weighted by Crippen LogP contribution is 2.10. The van der Waals surface area contributed by atoms with E-state index in [0.29, 0.717) is 0 Å². The van der Waals surface area contributed by atoms with Crippen molar-refractivity contribution in [3.05, 3.63) is 34.3 Å². The summed E-state index contributed by atoms with van der Waals surface area (Å²) < 4.78 is 1.18. The van der Waals surface area contributed by atoms with Gasteiger partial charge in [0.2, 0.25) is 0 Å². The van der Waals surface area contributed by atoms with E-state index in [1.807, 2.05) is 0 Å². The molecule has 0 fully saturated rings. The van der Waals surface area contributed by atoms with Crippen molar-refractivity contribution in [3.8, 4) is 0 Å². The molecule has 3 N–H and O–H groups in total. The summed E-state index contributed by atoms with van der Waals surface area (Å²) >= 11 is 3.51. The Morgan fingerprint density at radius 2 is 2.00 bits per heavy atom. The van der Waals surface area contributed by atoms with Crippen molar-refractivity contribution < 1.29 is 10.2 Å². The number of quaternary nitrogens is 2. The Morgan fingerprint density at radius 3 is 2.65 bits per heavy atom. The molecule has 0 atom stereocenters. The van der Waals surface area contributed by atoms with E-state index in [4.69, 9.17) is 0 Å². The van der Waals surface area contributed by atoms with E-state index < -0.39 is 0 Å². The van der Waals surface area contributed by atoms with Crippen molar-refractivity contribution in [2.24, 2.45) is 0 Å². The van der Waals surface area contributed by atoms with Gasteiger partial charge in [-0.2, -0.15) is 0 Å². The number of benzene rings is 1. The second-order valence-electron chi connectivity index (χ2n) is 4.47. The Bertz CT molecular complexity index is 311. The molecule has 0 radical (unpaired) electrons. The maximum atomic E-state index is 3.51. The lowest BCUT2D eigenvalue weighted by Gasteiger charge is -2.14. The number of nitrogens with two attached hydrogens (primary N) is 1. The van der Waals surface area contributed by atoms with Crippen LogP contribution in [-0.2, 0) is 6.54 Å². The van der Waals surface area contributed by atoms with Gasteiger partial charge < -0.3 is 10.2 Å². The summed E-state index contributed by atoms with van der Waals surface area (Å²) in [5.74, 6) is 0. The first-order valence-electron chi connectivity index (χ1n) is 6.66. The molecule has 0 aliphatic rings. The number of nitrogens with one attached hydrogen (secondary N) is 1. The molecule has 0 heterocycles. The number of halogens is 1. The van der Waals surface area contributed by atoms with Gasteiger partial charge >= 0.3 is 0 Å². The Labute approximate surface area is 114 Å². The van der Waals surface area contributed by atoms with Gasteiger partial charge in [-0.25, -0.2) is 0 Å². The van der Waals surface area contributed by atoms with Crippen LogP contribution in [0.15, 0.2) is 28.7 Å². The average molecular weight is 301 g/mol. The highest BCUT2D eigenvalue weighted by Gasteiger charge is 2.02. The molecule has 0 unspecified atom stereocenters. The van der Waals surface area contributed by atoms with E-state index in [2.05, 4.69) is 59.4 Å². The Kier molecular flexibility index (Phi) is 7.49. The SMILES string of the molecule is CC[NH+](CC)CCC[NH2+]Cc1cccc(Br)c1. The molecule has 2 nitrogen and oxygen atoms in total. The molecule has 0 saturated carbocycles. The van der Waals surface area contributed by atoms with Crippen LogP contribution in [0.4, 0.5) is 0 Å². The zero-order chi connectivity index (χ0) is 12.5. The summed E-state index contributed by atoms with van der Waals surface area (Å²) in [5.41, 5.74) is 1.40. The van der Waals surface area contributed by atoms with Crippen LogP contribution in [0.5, 0.6) is 0 Å². The minimum Gasteiger partial charge on any atom is -0.342 e. The zero-order valence-electron chi connectivity index (χ0n) is 11.0. The molecule has 0 bridgehead atoms. The maximum Gasteiger partial charge on any atom is 0.101 e. The molecule has 0 aliphatic carbocycles. The van der Waals surface area contributed by atoms with E-state index in [9.17, 15) is 0 Å². The third-order valence-corrected chi connectivity index (χ3v) is 3.70. The lowest BCUT2D eigenvalue weighted by Crippen LogP contribution is -3.11. The molecule has 1 rings (SSSR count). The first-order valence-corrected chi connectivity index (χ1v) is 7.45. The number of hydrogen-bond donors (Lipinski definition) is 2. The van der Waals surface area contributed by atoms with Gasteiger partial charge in [-0.15, -0.1) is 0 Å². The van der Waals surface area contributed by atoms with E-state index in [1.165, 1.54) is 42.6 Å². The molecule has 96 valence electrons. The smallest absolute Gasteiger partial charge is 0.101 e. The van der Waals surface area contributed by atoms with E-state index >= 15 is 0 Å².